The van der Waals surface area contributed by atoms with Crippen LogP contribution in [0.3, 0.4) is 0 Å². The first-order valence-corrected chi connectivity index (χ1v) is 20.1. The molecule has 0 radical (unpaired) electrons. The van der Waals surface area contributed by atoms with E-state index < -0.39 is 0 Å². The van der Waals surface area contributed by atoms with Gasteiger partial charge in [0.2, 0.25) is 0 Å². The molecule has 0 unspecified atom stereocenters. The highest BCUT2D eigenvalue weighted by molar-refractivity contribution is 7.26. The van der Waals surface area contributed by atoms with E-state index in [1.165, 1.54) is 48.0 Å². The standard InChI is InChI=1S/C54H35NOS/c1-5-15-36(16-6-1)40-25-27-46-48-35-43(26-30-50(48)56-51(46)34-40)55(44-32-41(37-17-7-2-8-18-37)31-42(33-44)38-19-9-3-10-20-38)49-29-28-45(39-21-11-4-12-22-39)54-53(49)47-23-13-14-24-52(47)57-54/h1-35H. The fraction of sp³-hybridized carbons (Fsp3) is 0. The Morgan fingerprint density at radius 1 is 0.351 bits per heavy atom. The number of rotatable bonds is 7. The first-order chi connectivity index (χ1) is 28.2. The lowest BCUT2D eigenvalue weighted by Crippen LogP contribution is -2.11. The number of furan rings is 1. The van der Waals surface area contributed by atoms with Crippen molar-refractivity contribution >= 4 is 70.5 Å². The lowest BCUT2D eigenvalue weighted by molar-refractivity contribution is 0.669. The van der Waals surface area contributed by atoms with Crippen LogP contribution in [-0.4, -0.2) is 0 Å². The van der Waals surface area contributed by atoms with Crippen molar-refractivity contribution in [2.45, 2.75) is 0 Å². The summed E-state index contributed by atoms with van der Waals surface area (Å²) in [6.07, 6.45) is 0. The molecule has 9 aromatic carbocycles. The summed E-state index contributed by atoms with van der Waals surface area (Å²) in [5.74, 6) is 0. The Bertz CT molecular complexity index is 3160. The minimum absolute atomic E-state index is 0.868. The smallest absolute Gasteiger partial charge is 0.136 e. The summed E-state index contributed by atoms with van der Waals surface area (Å²) in [7, 11) is 0. The second kappa shape index (κ2) is 13.8. The number of anilines is 3. The Balaban J connectivity index is 1.20. The normalized spacial score (nSPS) is 11.5. The number of benzene rings is 9. The van der Waals surface area contributed by atoms with Gasteiger partial charge in [-0.2, -0.15) is 0 Å². The third-order valence-electron chi connectivity index (χ3n) is 11.0. The van der Waals surface area contributed by atoms with Gasteiger partial charge in [0, 0.05) is 42.3 Å². The summed E-state index contributed by atoms with van der Waals surface area (Å²) in [4.78, 5) is 2.46. The first-order valence-electron chi connectivity index (χ1n) is 19.3. The van der Waals surface area contributed by atoms with Gasteiger partial charge in [0.05, 0.1) is 5.69 Å². The quantitative estimate of drug-likeness (QED) is 0.162. The lowest BCUT2D eigenvalue weighted by atomic mass is 9.96. The van der Waals surface area contributed by atoms with Gasteiger partial charge in [-0.1, -0.05) is 152 Å². The molecule has 11 rings (SSSR count). The molecule has 3 heteroatoms. The molecule has 57 heavy (non-hydrogen) atoms. The van der Waals surface area contributed by atoms with E-state index in [2.05, 4.69) is 217 Å². The van der Waals surface area contributed by atoms with Crippen LogP contribution in [-0.2, 0) is 0 Å². The minimum atomic E-state index is 0.868. The second-order valence-electron chi connectivity index (χ2n) is 14.5. The summed E-state index contributed by atoms with van der Waals surface area (Å²) < 4.78 is 9.12. The number of hydrogen-bond acceptors (Lipinski definition) is 3. The van der Waals surface area contributed by atoms with E-state index in [-0.39, 0.29) is 0 Å². The molecule has 0 amide bonds. The fourth-order valence-electron chi connectivity index (χ4n) is 8.32. The van der Waals surface area contributed by atoms with E-state index in [0.29, 0.717) is 0 Å². The first kappa shape index (κ1) is 33.2. The Labute approximate surface area is 335 Å². The van der Waals surface area contributed by atoms with Crippen molar-refractivity contribution < 1.29 is 4.42 Å². The van der Waals surface area contributed by atoms with Gasteiger partial charge < -0.3 is 9.32 Å². The van der Waals surface area contributed by atoms with Gasteiger partial charge in [-0.15, -0.1) is 11.3 Å². The Kier molecular flexibility index (Phi) is 8.04. The van der Waals surface area contributed by atoms with Crippen LogP contribution in [0.5, 0.6) is 0 Å². The van der Waals surface area contributed by atoms with Gasteiger partial charge in [-0.25, -0.2) is 0 Å². The summed E-state index contributed by atoms with van der Waals surface area (Å²) in [5, 5.41) is 4.68. The molecule has 0 saturated carbocycles. The molecule has 2 heterocycles. The molecule has 0 bridgehead atoms. The zero-order valence-electron chi connectivity index (χ0n) is 31.0. The Hall–Kier alpha value is -7.20. The molecule has 0 N–H and O–H groups in total. The highest BCUT2D eigenvalue weighted by Crippen LogP contribution is 2.50. The third kappa shape index (κ3) is 5.88. The summed E-state index contributed by atoms with van der Waals surface area (Å²) in [5.41, 5.74) is 14.5. The molecule has 0 atom stereocenters. The van der Waals surface area contributed by atoms with Gasteiger partial charge in [0.25, 0.3) is 0 Å². The molecular formula is C54H35NOS. The second-order valence-corrected chi connectivity index (χ2v) is 15.5. The van der Waals surface area contributed by atoms with Crippen LogP contribution in [0.2, 0.25) is 0 Å². The molecule has 0 aliphatic carbocycles. The van der Waals surface area contributed by atoms with E-state index in [0.717, 1.165) is 55.7 Å². The highest BCUT2D eigenvalue weighted by Gasteiger charge is 2.23. The maximum atomic E-state index is 6.58. The predicted octanol–water partition coefficient (Wildman–Crippen LogP) is 16.1. The van der Waals surface area contributed by atoms with Crippen molar-refractivity contribution in [3.8, 4) is 44.5 Å². The van der Waals surface area contributed by atoms with Crippen LogP contribution in [0.25, 0.3) is 86.6 Å². The largest absolute Gasteiger partial charge is 0.456 e. The van der Waals surface area contributed by atoms with Gasteiger partial charge in [-0.05, 0) is 105 Å². The van der Waals surface area contributed by atoms with Crippen molar-refractivity contribution in [1.29, 1.82) is 0 Å². The number of hydrogen-bond donors (Lipinski definition) is 0. The van der Waals surface area contributed by atoms with Gasteiger partial charge in [-0.3, -0.25) is 0 Å². The molecule has 268 valence electrons. The number of thiophene rings is 1. The molecule has 0 aliphatic rings. The van der Waals surface area contributed by atoms with Gasteiger partial charge in [0.1, 0.15) is 11.2 Å². The van der Waals surface area contributed by atoms with Gasteiger partial charge in [0.15, 0.2) is 0 Å². The van der Waals surface area contributed by atoms with Crippen molar-refractivity contribution in [2.24, 2.45) is 0 Å². The van der Waals surface area contributed by atoms with Crippen molar-refractivity contribution in [2.75, 3.05) is 4.90 Å². The average Bonchev–Trinajstić information content (AvgIpc) is 3.86. The van der Waals surface area contributed by atoms with Crippen molar-refractivity contribution in [3.63, 3.8) is 0 Å². The molecule has 0 spiro atoms. The lowest BCUT2D eigenvalue weighted by Gasteiger charge is -2.28. The number of fused-ring (bicyclic) bond motifs is 6. The van der Waals surface area contributed by atoms with E-state index in [1.807, 2.05) is 11.3 Å². The van der Waals surface area contributed by atoms with Crippen LogP contribution in [0.4, 0.5) is 17.1 Å². The van der Waals surface area contributed by atoms with Crippen LogP contribution in [0.1, 0.15) is 0 Å². The zero-order valence-corrected chi connectivity index (χ0v) is 31.8. The van der Waals surface area contributed by atoms with Crippen LogP contribution < -0.4 is 4.90 Å². The van der Waals surface area contributed by atoms with E-state index in [1.54, 1.807) is 0 Å². The molecule has 11 aromatic rings. The van der Waals surface area contributed by atoms with Crippen LogP contribution in [0.15, 0.2) is 217 Å². The third-order valence-corrected chi connectivity index (χ3v) is 12.2. The summed E-state index contributed by atoms with van der Waals surface area (Å²) >= 11 is 1.87. The molecule has 2 aromatic heterocycles. The average molecular weight is 746 g/mol. The van der Waals surface area contributed by atoms with Crippen LogP contribution >= 0.6 is 11.3 Å². The molecular weight excluding hydrogens is 711 g/mol. The van der Waals surface area contributed by atoms with Crippen LogP contribution in [0, 0.1) is 0 Å². The maximum absolute atomic E-state index is 6.58. The van der Waals surface area contributed by atoms with E-state index in [9.17, 15) is 0 Å². The summed E-state index contributed by atoms with van der Waals surface area (Å²) in [6.45, 7) is 0. The molecule has 2 nitrogen and oxygen atoms in total. The molecule has 0 fully saturated rings. The SMILES string of the molecule is c1ccc(-c2cc(-c3ccccc3)cc(N(c3ccc4oc5cc(-c6ccccc6)ccc5c4c3)c3ccc(-c4ccccc4)c4sc5ccccc5c34)c2)cc1. The Morgan fingerprint density at radius 2 is 0.947 bits per heavy atom. The van der Waals surface area contributed by atoms with Crippen molar-refractivity contribution in [1.82, 2.24) is 0 Å². The van der Waals surface area contributed by atoms with E-state index in [4.69, 9.17) is 4.42 Å². The van der Waals surface area contributed by atoms with E-state index >= 15 is 0 Å². The molecule has 0 saturated heterocycles. The Morgan fingerprint density at radius 3 is 1.61 bits per heavy atom. The zero-order chi connectivity index (χ0) is 37.7. The van der Waals surface area contributed by atoms with Gasteiger partial charge >= 0.3 is 0 Å². The minimum Gasteiger partial charge on any atom is -0.456 e. The monoisotopic (exact) mass is 745 g/mol. The fourth-order valence-corrected chi connectivity index (χ4v) is 9.58. The topological polar surface area (TPSA) is 16.4 Å². The molecule has 0 aliphatic heterocycles. The number of nitrogens with zero attached hydrogens (tertiary/aromatic N) is 1. The summed E-state index contributed by atoms with van der Waals surface area (Å²) in [6, 6.07) is 76.4. The maximum Gasteiger partial charge on any atom is 0.136 e. The predicted molar refractivity (Wildman–Crippen MR) is 243 cm³/mol. The highest BCUT2D eigenvalue weighted by atomic mass is 32.1. The van der Waals surface area contributed by atoms with Crippen molar-refractivity contribution in [3.05, 3.63) is 212 Å².